The minimum absolute atomic E-state index is 0.559. The minimum atomic E-state index is 0.559. The van der Waals surface area contributed by atoms with E-state index < -0.39 is 0 Å². The number of aromatic nitrogens is 3. The van der Waals surface area contributed by atoms with Crippen molar-refractivity contribution in [2.75, 3.05) is 11.9 Å². The van der Waals surface area contributed by atoms with E-state index in [9.17, 15) is 0 Å². The molecule has 0 saturated heterocycles. The van der Waals surface area contributed by atoms with Crippen LogP contribution in [0.5, 0.6) is 0 Å². The zero-order valence-corrected chi connectivity index (χ0v) is 9.49. The lowest BCUT2D eigenvalue weighted by atomic mass is 10.2. The van der Waals surface area contributed by atoms with Crippen LogP contribution in [0.4, 0.5) is 5.69 Å². The number of fused-ring (bicyclic) bond motifs is 1. The fourth-order valence-electron chi connectivity index (χ4n) is 1.32. The van der Waals surface area contributed by atoms with Gasteiger partial charge in [-0.2, -0.15) is 5.10 Å². The number of nitrogens with zero attached hydrogens (tertiary/aromatic N) is 3. The van der Waals surface area contributed by atoms with Crippen molar-refractivity contribution in [2.24, 2.45) is 5.92 Å². The van der Waals surface area contributed by atoms with Gasteiger partial charge in [-0.05, 0) is 5.92 Å². The van der Waals surface area contributed by atoms with Gasteiger partial charge in [-0.25, -0.2) is 9.50 Å². The predicted molar refractivity (Wildman–Crippen MR) is 61.3 cm³/mol. The third-order valence-electron chi connectivity index (χ3n) is 2.07. The van der Waals surface area contributed by atoms with Crippen LogP contribution in [0, 0.1) is 5.92 Å². The molecule has 2 aromatic heterocycles. The first-order valence-electron chi connectivity index (χ1n) is 4.90. The number of anilines is 1. The maximum absolute atomic E-state index is 6.07. The molecule has 1 N–H and O–H groups in total. The SMILES string of the molecule is CC(C)CNc1c(Cl)cnn2ccnc12. The van der Waals surface area contributed by atoms with E-state index in [4.69, 9.17) is 11.6 Å². The minimum Gasteiger partial charge on any atom is -0.380 e. The van der Waals surface area contributed by atoms with Gasteiger partial charge in [0.25, 0.3) is 0 Å². The Kier molecular flexibility index (Phi) is 2.77. The quantitative estimate of drug-likeness (QED) is 0.871. The molecule has 0 amide bonds. The molecular formula is C10H13ClN4. The number of hydrogen-bond donors (Lipinski definition) is 1. The largest absolute Gasteiger partial charge is 0.380 e. The average Bonchev–Trinajstić information content (AvgIpc) is 2.63. The molecule has 2 rings (SSSR count). The van der Waals surface area contributed by atoms with Crippen molar-refractivity contribution in [3.8, 4) is 0 Å². The maximum Gasteiger partial charge on any atom is 0.178 e. The van der Waals surface area contributed by atoms with E-state index in [0.29, 0.717) is 10.9 Å². The molecule has 0 atom stereocenters. The Balaban J connectivity index is 2.38. The number of halogens is 1. The van der Waals surface area contributed by atoms with Gasteiger partial charge in [0.15, 0.2) is 5.65 Å². The summed E-state index contributed by atoms with van der Waals surface area (Å²) < 4.78 is 1.70. The highest BCUT2D eigenvalue weighted by molar-refractivity contribution is 6.33. The molecule has 2 aromatic rings. The molecule has 0 radical (unpaired) electrons. The second kappa shape index (κ2) is 4.06. The maximum atomic E-state index is 6.07. The van der Waals surface area contributed by atoms with Crippen molar-refractivity contribution in [2.45, 2.75) is 13.8 Å². The first kappa shape index (κ1) is 10.2. The Morgan fingerprint density at radius 3 is 3.07 bits per heavy atom. The Bertz CT molecular complexity index is 463. The number of imidazole rings is 1. The molecule has 0 saturated carbocycles. The molecule has 0 spiro atoms. The monoisotopic (exact) mass is 224 g/mol. The Labute approximate surface area is 93.3 Å². The summed E-state index contributed by atoms with van der Waals surface area (Å²) in [7, 11) is 0. The summed E-state index contributed by atoms with van der Waals surface area (Å²) in [6.07, 6.45) is 5.13. The van der Waals surface area contributed by atoms with Crippen molar-refractivity contribution in [3.63, 3.8) is 0 Å². The van der Waals surface area contributed by atoms with Crippen molar-refractivity contribution in [1.82, 2.24) is 14.6 Å². The lowest BCUT2D eigenvalue weighted by Crippen LogP contribution is -2.10. The first-order chi connectivity index (χ1) is 7.18. The van der Waals surface area contributed by atoms with Gasteiger partial charge in [0.05, 0.1) is 11.2 Å². The zero-order chi connectivity index (χ0) is 10.8. The van der Waals surface area contributed by atoms with Crippen LogP contribution in [0.3, 0.4) is 0 Å². The van der Waals surface area contributed by atoms with Crippen molar-refractivity contribution < 1.29 is 0 Å². The van der Waals surface area contributed by atoms with Crippen LogP contribution in [-0.2, 0) is 0 Å². The highest BCUT2D eigenvalue weighted by Gasteiger charge is 2.08. The summed E-state index contributed by atoms with van der Waals surface area (Å²) in [5.74, 6) is 0.559. The molecule has 0 aliphatic heterocycles. The van der Waals surface area contributed by atoms with Crippen molar-refractivity contribution >= 4 is 22.9 Å². The van der Waals surface area contributed by atoms with E-state index in [-0.39, 0.29) is 0 Å². The first-order valence-corrected chi connectivity index (χ1v) is 5.28. The van der Waals surface area contributed by atoms with E-state index in [1.807, 2.05) is 0 Å². The molecule has 15 heavy (non-hydrogen) atoms. The fourth-order valence-corrected chi connectivity index (χ4v) is 1.52. The lowest BCUT2D eigenvalue weighted by Gasteiger charge is -2.10. The second-order valence-corrected chi connectivity index (χ2v) is 4.24. The van der Waals surface area contributed by atoms with E-state index in [1.165, 1.54) is 0 Å². The summed E-state index contributed by atoms with van der Waals surface area (Å²) in [6, 6.07) is 0. The molecule has 2 heterocycles. The summed E-state index contributed by atoms with van der Waals surface area (Å²) in [6.45, 7) is 5.15. The van der Waals surface area contributed by atoms with E-state index >= 15 is 0 Å². The highest BCUT2D eigenvalue weighted by Crippen LogP contribution is 2.24. The number of rotatable bonds is 3. The van der Waals surface area contributed by atoms with Gasteiger partial charge in [0.1, 0.15) is 5.69 Å². The number of nitrogens with one attached hydrogen (secondary N) is 1. The van der Waals surface area contributed by atoms with Crippen LogP contribution in [0.2, 0.25) is 5.02 Å². The van der Waals surface area contributed by atoms with E-state index in [1.54, 1.807) is 23.1 Å². The summed E-state index contributed by atoms with van der Waals surface area (Å²) >= 11 is 6.07. The molecule has 0 bridgehead atoms. The Hall–Kier alpha value is -1.29. The predicted octanol–water partition coefficient (Wildman–Crippen LogP) is 2.45. The second-order valence-electron chi connectivity index (χ2n) is 3.84. The van der Waals surface area contributed by atoms with Gasteiger partial charge >= 0.3 is 0 Å². The van der Waals surface area contributed by atoms with Crippen LogP contribution in [0.25, 0.3) is 5.65 Å². The fraction of sp³-hybridized carbons (Fsp3) is 0.400. The molecule has 0 aliphatic carbocycles. The van der Waals surface area contributed by atoms with Gasteiger partial charge in [-0.3, -0.25) is 0 Å². The summed E-state index contributed by atoms with van der Waals surface area (Å²) in [5, 5.41) is 8.00. The van der Waals surface area contributed by atoms with Gasteiger partial charge in [0.2, 0.25) is 0 Å². The molecule has 5 heteroatoms. The van der Waals surface area contributed by atoms with Gasteiger partial charge in [0, 0.05) is 18.9 Å². The highest BCUT2D eigenvalue weighted by atomic mass is 35.5. The smallest absolute Gasteiger partial charge is 0.178 e. The molecular weight excluding hydrogens is 212 g/mol. The van der Waals surface area contributed by atoms with Gasteiger partial charge in [-0.1, -0.05) is 25.4 Å². The average molecular weight is 225 g/mol. The molecule has 0 fully saturated rings. The summed E-state index contributed by atoms with van der Waals surface area (Å²) in [4.78, 5) is 4.21. The van der Waals surface area contributed by atoms with Crippen molar-refractivity contribution in [3.05, 3.63) is 23.6 Å². The van der Waals surface area contributed by atoms with Crippen molar-refractivity contribution in [1.29, 1.82) is 0 Å². The number of hydrogen-bond acceptors (Lipinski definition) is 3. The Morgan fingerprint density at radius 1 is 1.53 bits per heavy atom. The molecule has 4 nitrogen and oxygen atoms in total. The molecule has 80 valence electrons. The normalized spacial score (nSPS) is 11.2. The van der Waals surface area contributed by atoms with Crippen LogP contribution in [0.15, 0.2) is 18.6 Å². The van der Waals surface area contributed by atoms with Gasteiger partial charge < -0.3 is 5.32 Å². The van der Waals surface area contributed by atoms with E-state index in [0.717, 1.165) is 17.9 Å². The summed E-state index contributed by atoms with van der Waals surface area (Å²) in [5.41, 5.74) is 1.62. The third kappa shape index (κ3) is 2.04. The van der Waals surface area contributed by atoms with Crippen LogP contribution in [0.1, 0.15) is 13.8 Å². The molecule has 0 aromatic carbocycles. The topological polar surface area (TPSA) is 42.2 Å². The van der Waals surface area contributed by atoms with Crippen LogP contribution >= 0.6 is 11.6 Å². The van der Waals surface area contributed by atoms with Crippen LogP contribution < -0.4 is 5.32 Å². The standard InChI is InChI=1S/C10H13ClN4/c1-7(2)5-13-9-8(11)6-14-15-4-3-12-10(9)15/h3-4,6-7,13H,5H2,1-2H3. The third-order valence-corrected chi connectivity index (χ3v) is 2.35. The lowest BCUT2D eigenvalue weighted by molar-refractivity contribution is 0.688. The molecule has 0 unspecified atom stereocenters. The molecule has 0 aliphatic rings. The zero-order valence-electron chi connectivity index (χ0n) is 8.74. The van der Waals surface area contributed by atoms with Crippen LogP contribution in [-0.4, -0.2) is 21.1 Å². The van der Waals surface area contributed by atoms with E-state index in [2.05, 4.69) is 29.2 Å². The Morgan fingerprint density at radius 2 is 2.33 bits per heavy atom. The van der Waals surface area contributed by atoms with Gasteiger partial charge in [-0.15, -0.1) is 0 Å².